The van der Waals surface area contributed by atoms with E-state index in [1.54, 1.807) is 6.07 Å². The van der Waals surface area contributed by atoms with Gasteiger partial charge in [0.15, 0.2) is 0 Å². The number of thiophene rings is 1. The summed E-state index contributed by atoms with van der Waals surface area (Å²) in [6.45, 7) is 4.43. The molecule has 0 bridgehead atoms. The minimum absolute atomic E-state index is 0.230. The molecule has 2 amide bonds. The summed E-state index contributed by atoms with van der Waals surface area (Å²) in [5.74, 6) is 0. The third-order valence-corrected chi connectivity index (χ3v) is 6.71. The molecular formula is C21H23ClN4OS. The Bertz CT molecular complexity index is 996. The summed E-state index contributed by atoms with van der Waals surface area (Å²) in [5.41, 5.74) is 4.26. The van der Waals surface area contributed by atoms with E-state index in [1.165, 1.54) is 21.0 Å². The number of amides is 2. The number of carbonyl (C=O) groups excluding carboxylic acids is 1. The highest BCUT2D eigenvalue weighted by Gasteiger charge is 2.23. The molecule has 3 heterocycles. The molecule has 0 atom stereocenters. The molecular weight excluding hydrogens is 392 g/mol. The van der Waals surface area contributed by atoms with Crippen molar-refractivity contribution in [2.24, 2.45) is 0 Å². The molecule has 3 aromatic rings. The summed E-state index contributed by atoms with van der Waals surface area (Å²) >= 11 is 7.96. The monoisotopic (exact) mass is 414 g/mol. The van der Waals surface area contributed by atoms with Crippen molar-refractivity contribution in [1.29, 1.82) is 0 Å². The van der Waals surface area contributed by atoms with Crippen LogP contribution >= 0.6 is 22.9 Å². The molecule has 28 heavy (non-hydrogen) atoms. The summed E-state index contributed by atoms with van der Waals surface area (Å²) in [6.07, 6.45) is 5.12. The first kappa shape index (κ1) is 19.1. The van der Waals surface area contributed by atoms with Crippen LogP contribution in [0.5, 0.6) is 0 Å². The highest BCUT2D eigenvalue weighted by Crippen LogP contribution is 2.35. The predicted octanol–water partition coefficient (Wildman–Crippen LogP) is 4.81. The number of hydrogen-bond donors (Lipinski definition) is 2. The first-order valence-corrected chi connectivity index (χ1v) is 10.5. The van der Waals surface area contributed by atoms with Crippen molar-refractivity contribution in [1.82, 2.24) is 14.8 Å². The second-order valence-electron chi connectivity index (χ2n) is 7.14. The van der Waals surface area contributed by atoms with Gasteiger partial charge in [-0.25, -0.2) is 4.79 Å². The molecule has 7 heteroatoms. The topological polar surface area (TPSA) is 49.3 Å². The maximum absolute atomic E-state index is 12.4. The van der Waals surface area contributed by atoms with E-state index in [0.717, 1.165) is 25.1 Å². The highest BCUT2D eigenvalue weighted by atomic mass is 35.5. The summed E-state index contributed by atoms with van der Waals surface area (Å²) < 4.78 is 2.14. The molecule has 0 unspecified atom stereocenters. The van der Waals surface area contributed by atoms with Crippen molar-refractivity contribution in [2.45, 2.75) is 26.4 Å². The number of nitrogens with zero attached hydrogens (tertiary/aromatic N) is 2. The molecule has 1 aliphatic rings. The van der Waals surface area contributed by atoms with Crippen molar-refractivity contribution >= 4 is 34.7 Å². The maximum atomic E-state index is 12.4. The van der Waals surface area contributed by atoms with Gasteiger partial charge in [-0.3, -0.25) is 0 Å². The second-order valence-corrected chi connectivity index (χ2v) is 8.63. The average Bonchev–Trinajstić information content (AvgIpc) is 3.30. The van der Waals surface area contributed by atoms with Crippen LogP contribution in [-0.4, -0.2) is 29.1 Å². The maximum Gasteiger partial charge on any atom is 0.319 e. The number of aryl methyl sites for hydroxylation is 1. The molecule has 1 aliphatic heterocycles. The fourth-order valence-electron chi connectivity index (χ4n) is 3.46. The van der Waals surface area contributed by atoms with E-state index in [0.29, 0.717) is 17.3 Å². The number of likely N-dealkylation sites (N-methyl/N-ethyl adjacent to an activating group) is 1. The summed E-state index contributed by atoms with van der Waals surface area (Å²) in [7, 11) is 2.15. The lowest BCUT2D eigenvalue weighted by molar-refractivity contribution is 0.251. The van der Waals surface area contributed by atoms with Crippen molar-refractivity contribution in [3.8, 4) is 5.00 Å². The van der Waals surface area contributed by atoms with Crippen molar-refractivity contribution in [3.63, 3.8) is 0 Å². The van der Waals surface area contributed by atoms with Crippen LogP contribution in [0.25, 0.3) is 5.00 Å². The van der Waals surface area contributed by atoms with Crippen LogP contribution in [0.15, 0.2) is 42.7 Å². The third kappa shape index (κ3) is 3.94. The van der Waals surface area contributed by atoms with Crippen LogP contribution in [0.2, 0.25) is 5.02 Å². The first-order chi connectivity index (χ1) is 13.5. The number of urea groups is 1. The number of rotatable bonds is 4. The van der Waals surface area contributed by atoms with Gasteiger partial charge in [0.2, 0.25) is 0 Å². The quantitative estimate of drug-likeness (QED) is 0.643. The minimum Gasteiger partial charge on any atom is -0.334 e. The Morgan fingerprint density at radius 3 is 2.82 bits per heavy atom. The van der Waals surface area contributed by atoms with Gasteiger partial charge in [0.25, 0.3) is 0 Å². The Morgan fingerprint density at radius 1 is 1.29 bits per heavy atom. The zero-order valence-electron chi connectivity index (χ0n) is 16.0. The highest BCUT2D eigenvalue weighted by molar-refractivity contribution is 7.14. The largest absolute Gasteiger partial charge is 0.334 e. The van der Waals surface area contributed by atoms with Crippen LogP contribution in [0.3, 0.4) is 0 Å². The molecule has 4 rings (SSSR count). The molecule has 0 aliphatic carbocycles. The van der Waals surface area contributed by atoms with E-state index in [1.807, 2.05) is 42.5 Å². The number of carbonyl (C=O) groups is 1. The number of anilines is 1. The third-order valence-electron chi connectivity index (χ3n) is 5.03. The minimum atomic E-state index is -0.230. The molecule has 0 spiro atoms. The van der Waals surface area contributed by atoms with Gasteiger partial charge in [-0.2, -0.15) is 0 Å². The van der Waals surface area contributed by atoms with E-state index in [-0.39, 0.29) is 6.03 Å². The lowest BCUT2D eigenvalue weighted by Crippen LogP contribution is -2.30. The fourth-order valence-corrected chi connectivity index (χ4v) is 5.05. The van der Waals surface area contributed by atoms with Crippen molar-refractivity contribution < 1.29 is 4.79 Å². The number of aromatic nitrogens is 1. The lowest BCUT2D eigenvalue weighted by Gasteiger charge is -2.22. The molecule has 1 aromatic carbocycles. The number of fused-ring (bicyclic) bond motifs is 1. The smallest absolute Gasteiger partial charge is 0.319 e. The molecule has 2 aromatic heterocycles. The Balaban J connectivity index is 1.52. The van der Waals surface area contributed by atoms with E-state index in [9.17, 15) is 4.79 Å². The summed E-state index contributed by atoms with van der Waals surface area (Å²) in [6, 6.07) is 9.34. The molecule has 2 N–H and O–H groups in total. The molecule has 146 valence electrons. The van der Waals surface area contributed by atoms with Gasteiger partial charge < -0.3 is 20.1 Å². The first-order valence-electron chi connectivity index (χ1n) is 9.27. The fraction of sp³-hybridized carbons (Fsp3) is 0.286. The van der Waals surface area contributed by atoms with Crippen LogP contribution in [0.1, 0.15) is 21.6 Å². The predicted molar refractivity (Wildman–Crippen MR) is 116 cm³/mol. The van der Waals surface area contributed by atoms with Gasteiger partial charge in [-0.1, -0.05) is 17.7 Å². The Hall–Kier alpha value is -2.28. The number of nitrogens with one attached hydrogen (secondary N) is 2. The van der Waals surface area contributed by atoms with Gasteiger partial charge in [0, 0.05) is 53.2 Å². The van der Waals surface area contributed by atoms with Gasteiger partial charge in [-0.15, -0.1) is 11.3 Å². The van der Waals surface area contributed by atoms with Crippen LogP contribution < -0.4 is 10.6 Å². The van der Waals surface area contributed by atoms with Crippen molar-refractivity contribution in [2.75, 3.05) is 18.9 Å². The van der Waals surface area contributed by atoms with E-state index in [2.05, 4.69) is 39.5 Å². The Labute approximate surface area is 173 Å². The Kier molecular flexibility index (Phi) is 5.44. The molecule has 0 saturated heterocycles. The normalized spacial score (nSPS) is 14.0. The molecule has 0 saturated carbocycles. The number of hydrogen-bond acceptors (Lipinski definition) is 3. The standard InChI is InChI=1S/C21H23ClN4OS/c1-14-5-6-15(11-18(14)22)24-21(27)23-12-17-16-7-10-25(2)13-19(16)28-20(17)26-8-3-4-9-26/h3-6,8-9,11H,7,10,12-13H2,1-2H3,(H2,23,24,27). The van der Waals surface area contributed by atoms with Crippen molar-refractivity contribution in [3.05, 3.63) is 69.3 Å². The van der Waals surface area contributed by atoms with Gasteiger partial charge in [-0.05, 0) is 55.8 Å². The zero-order chi connectivity index (χ0) is 19.7. The average molecular weight is 415 g/mol. The van der Waals surface area contributed by atoms with Crippen LogP contribution in [-0.2, 0) is 19.5 Å². The van der Waals surface area contributed by atoms with E-state index in [4.69, 9.17) is 11.6 Å². The number of benzene rings is 1. The Morgan fingerprint density at radius 2 is 2.07 bits per heavy atom. The SMILES string of the molecule is Cc1ccc(NC(=O)NCc2c(-n3cccc3)sc3c2CCN(C)C3)cc1Cl. The van der Waals surface area contributed by atoms with Crippen LogP contribution in [0.4, 0.5) is 10.5 Å². The second kappa shape index (κ2) is 7.99. The van der Waals surface area contributed by atoms with Gasteiger partial charge in [0.1, 0.15) is 5.00 Å². The molecule has 5 nitrogen and oxygen atoms in total. The summed E-state index contributed by atoms with van der Waals surface area (Å²) in [4.78, 5) is 16.2. The van der Waals surface area contributed by atoms with Gasteiger partial charge >= 0.3 is 6.03 Å². The summed E-state index contributed by atoms with van der Waals surface area (Å²) in [5, 5.41) is 7.71. The molecule has 0 radical (unpaired) electrons. The molecule has 0 fully saturated rings. The zero-order valence-corrected chi connectivity index (χ0v) is 17.5. The van der Waals surface area contributed by atoms with E-state index >= 15 is 0 Å². The number of halogens is 1. The lowest BCUT2D eigenvalue weighted by atomic mass is 10.0. The van der Waals surface area contributed by atoms with Crippen LogP contribution in [0, 0.1) is 6.92 Å². The van der Waals surface area contributed by atoms with Gasteiger partial charge in [0.05, 0.1) is 0 Å². The van der Waals surface area contributed by atoms with E-state index < -0.39 is 0 Å².